The van der Waals surface area contributed by atoms with Crippen LogP contribution < -0.4 is 4.74 Å². The second-order valence-corrected chi connectivity index (χ2v) is 3.75. The van der Waals surface area contributed by atoms with Gasteiger partial charge in [0.15, 0.2) is 6.61 Å². The van der Waals surface area contributed by atoms with Crippen LogP contribution in [0.3, 0.4) is 0 Å². The molecule has 1 saturated heterocycles. The number of benzene rings is 1. The summed E-state index contributed by atoms with van der Waals surface area (Å²) in [5.41, 5.74) is 0.952. The van der Waals surface area contributed by atoms with Crippen molar-refractivity contribution in [2.45, 2.75) is 6.23 Å². The van der Waals surface area contributed by atoms with E-state index in [0.29, 0.717) is 0 Å². The molecule has 2 heterocycles. The van der Waals surface area contributed by atoms with Crippen LogP contribution in [0.25, 0.3) is 10.9 Å². The zero-order valence-corrected chi connectivity index (χ0v) is 9.25. The Morgan fingerprint density at radius 1 is 1.41 bits per heavy atom. The van der Waals surface area contributed by atoms with E-state index in [1.807, 2.05) is 35.0 Å². The summed E-state index contributed by atoms with van der Waals surface area (Å²) in [4.78, 5) is 10.9. The molecule has 1 atom stereocenters. The average Bonchev–Trinajstić information content (AvgIpc) is 2.94. The van der Waals surface area contributed by atoms with E-state index in [-0.39, 0.29) is 6.61 Å². The van der Waals surface area contributed by atoms with E-state index in [1.165, 1.54) is 0 Å². The lowest BCUT2D eigenvalue weighted by Crippen LogP contribution is -2.09. The van der Waals surface area contributed by atoms with Crippen LogP contribution >= 0.6 is 0 Å². The Morgan fingerprint density at radius 3 is 3.00 bits per heavy atom. The highest BCUT2D eigenvalue weighted by molar-refractivity contribution is 5.86. The lowest BCUT2D eigenvalue weighted by atomic mass is 10.2. The molecular weight excluding hydrogens is 222 g/mol. The highest BCUT2D eigenvalue weighted by atomic mass is 16.8. The van der Waals surface area contributed by atoms with Crippen molar-refractivity contribution in [1.29, 1.82) is 0 Å². The van der Waals surface area contributed by atoms with Gasteiger partial charge < -0.3 is 18.8 Å². The molecule has 1 aromatic heterocycles. The van der Waals surface area contributed by atoms with Crippen LogP contribution in [0.4, 0.5) is 4.79 Å². The summed E-state index contributed by atoms with van der Waals surface area (Å²) in [6, 6.07) is 7.67. The van der Waals surface area contributed by atoms with Gasteiger partial charge in [0.2, 0.25) is 6.23 Å². The smallest absolute Gasteiger partial charge is 0.496 e. The number of cyclic esters (lactones) is 2. The maximum atomic E-state index is 10.9. The van der Waals surface area contributed by atoms with Crippen LogP contribution in [0.5, 0.6) is 5.75 Å². The van der Waals surface area contributed by atoms with E-state index >= 15 is 0 Å². The lowest BCUT2D eigenvalue weighted by Gasteiger charge is -2.10. The number of rotatable bonds is 2. The van der Waals surface area contributed by atoms with Crippen molar-refractivity contribution < 1.29 is 19.0 Å². The van der Waals surface area contributed by atoms with E-state index in [0.717, 1.165) is 16.7 Å². The SMILES string of the molecule is COc1cccc2c1ccn2C1COC(=O)O1. The first-order chi connectivity index (χ1) is 8.29. The Labute approximate surface area is 97.5 Å². The van der Waals surface area contributed by atoms with E-state index in [4.69, 9.17) is 14.2 Å². The maximum Gasteiger partial charge on any atom is 0.510 e. The Morgan fingerprint density at radius 2 is 2.29 bits per heavy atom. The fourth-order valence-electron chi connectivity index (χ4n) is 2.04. The number of carbonyl (C=O) groups is 1. The van der Waals surface area contributed by atoms with Gasteiger partial charge in [0.1, 0.15) is 5.75 Å². The lowest BCUT2D eigenvalue weighted by molar-refractivity contribution is 0.0979. The molecule has 0 radical (unpaired) electrons. The molecule has 1 aliphatic rings. The normalized spacial score (nSPS) is 19.1. The third-order valence-electron chi connectivity index (χ3n) is 2.83. The molecule has 2 aromatic rings. The van der Waals surface area contributed by atoms with E-state index in [1.54, 1.807) is 7.11 Å². The Bertz CT molecular complexity index is 575. The van der Waals surface area contributed by atoms with Crippen LogP contribution in [0.1, 0.15) is 6.23 Å². The monoisotopic (exact) mass is 233 g/mol. The largest absolute Gasteiger partial charge is 0.510 e. The highest BCUT2D eigenvalue weighted by Crippen LogP contribution is 2.30. The number of hydrogen-bond donors (Lipinski definition) is 0. The van der Waals surface area contributed by atoms with E-state index in [2.05, 4.69) is 0 Å². The first kappa shape index (κ1) is 10.0. The quantitative estimate of drug-likeness (QED) is 0.747. The zero-order valence-electron chi connectivity index (χ0n) is 9.25. The van der Waals surface area contributed by atoms with Crippen molar-refractivity contribution in [2.75, 3.05) is 13.7 Å². The summed E-state index contributed by atoms with van der Waals surface area (Å²) in [5, 5.41) is 0.984. The van der Waals surface area contributed by atoms with Gasteiger partial charge in [-0.3, -0.25) is 0 Å². The second kappa shape index (κ2) is 3.69. The summed E-state index contributed by atoms with van der Waals surface area (Å²) in [7, 11) is 1.63. The number of aromatic nitrogens is 1. The van der Waals surface area contributed by atoms with Gasteiger partial charge in [-0.2, -0.15) is 0 Å². The van der Waals surface area contributed by atoms with Gasteiger partial charge in [-0.15, -0.1) is 0 Å². The standard InChI is InChI=1S/C12H11NO4/c1-15-10-4-2-3-9-8(10)5-6-13(9)11-7-16-12(14)17-11/h2-6,11H,7H2,1H3. The summed E-state index contributed by atoms with van der Waals surface area (Å²) >= 11 is 0. The molecular formula is C12H11NO4. The molecule has 1 aromatic carbocycles. The van der Waals surface area contributed by atoms with E-state index < -0.39 is 12.4 Å². The Hall–Kier alpha value is -2.17. The third kappa shape index (κ3) is 1.51. The third-order valence-corrected chi connectivity index (χ3v) is 2.83. The molecule has 88 valence electrons. The minimum Gasteiger partial charge on any atom is -0.496 e. The predicted octanol–water partition coefficient (Wildman–Crippen LogP) is 2.32. The van der Waals surface area contributed by atoms with Crippen molar-refractivity contribution in [3.05, 3.63) is 30.5 Å². The van der Waals surface area contributed by atoms with Gasteiger partial charge in [-0.25, -0.2) is 4.79 Å². The molecule has 5 heteroatoms. The Balaban J connectivity index is 2.09. The van der Waals surface area contributed by atoms with Gasteiger partial charge >= 0.3 is 6.16 Å². The highest BCUT2D eigenvalue weighted by Gasteiger charge is 2.27. The minimum atomic E-state index is -0.625. The van der Waals surface area contributed by atoms with Crippen molar-refractivity contribution >= 4 is 17.1 Å². The number of ether oxygens (including phenoxy) is 3. The molecule has 0 spiro atoms. The van der Waals surface area contributed by atoms with Crippen LogP contribution in [0, 0.1) is 0 Å². The molecule has 3 rings (SSSR count). The van der Waals surface area contributed by atoms with Crippen molar-refractivity contribution in [3.63, 3.8) is 0 Å². The van der Waals surface area contributed by atoms with Crippen molar-refractivity contribution in [1.82, 2.24) is 4.57 Å². The molecule has 1 unspecified atom stereocenters. The molecule has 0 bridgehead atoms. The van der Waals surface area contributed by atoms with Gasteiger partial charge in [-0.05, 0) is 18.2 Å². The molecule has 0 N–H and O–H groups in total. The topological polar surface area (TPSA) is 49.7 Å². The minimum absolute atomic E-state index is 0.236. The molecule has 1 fully saturated rings. The maximum absolute atomic E-state index is 10.9. The van der Waals surface area contributed by atoms with Crippen molar-refractivity contribution in [2.24, 2.45) is 0 Å². The summed E-state index contributed by atoms with van der Waals surface area (Å²) in [6.45, 7) is 0.236. The van der Waals surface area contributed by atoms with E-state index in [9.17, 15) is 4.79 Å². The van der Waals surface area contributed by atoms with Crippen LogP contribution in [0.2, 0.25) is 0 Å². The van der Waals surface area contributed by atoms with Crippen molar-refractivity contribution in [3.8, 4) is 5.75 Å². The average molecular weight is 233 g/mol. The summed E-state index contributed by atoms with van der Waals surface area (Å²) < 4.78 is 17.0. The molecule has 1 aliphatic heterocycles. The summed E-state index contributed by atoms with van der Waals surface area (Å²) in [5.74, 6) is 0.798. The predicted molar refractivity (Wildman–Crippen MR) is 60.0 cm³/mol. The van der Waals surface area contributed by atoms with Gasteiger partial charge in [0, 0.05) is 11.6 Å². The second-order valence-electron chi connectivity index (χ2n) is 3.75. The fraction of sp³-hybridized carbons (Fsp3) is 0.250. The number of hydrogen-bond acceptors (Lipinski definition) is 4. The fourth-order valence-corrected chi connectivity index (χ4v) is 2.04. The number of fused-ring (bicyclic) bond motifs is 1. The number of carbonyl (C=O) groups excluding carboxylic acids is 1. The van der Waals surface area contributed by atoms with Gasteiger partial charge in [0.05, 0.1) is 12.6 Å². The van der Waals surface area contributed by atoms with Crippen LogP contribution in [-0.4, -0.2) is 24.4 Å². The molecule has 17 heavy (non-hydrogen) atoms. The van der Waals surface area contributed by atoms with Crippen LogP contribution in [-0.2, 0) is 9.47 Å². The molecule has 5 nitrogen and oxygen atoms in total. The first-order valence-corrected chi connectivity index (χ1v) is 5.26. The van der Waals surface area contributed by atoms with Gasteiger partial charge in [-0.1, -0.05) is 6.07 Å². The van der Waals surface area contributed by atoms with Gasteiger partial charge in [0.25, 0.3) is 0 Å². The zero-order chi connectivity index (χ0) is 11.8. The molecule has 0 saturated carbocycles. The molecule has 0 amide bonds. The number of nitrogens with zero attached hydrogens (tertiary/aromatic N) is 1. The first-order valence-electron chi connectivity index (χ1n) is 5.26. The number of methoxy groups -OCH3 is 1. The Kier molecular flexibility index (Phi) is 2.18. The van der Waals surface area contributed by atoms with Crippen LogP contribution in [0.15, 0.2) is 30.5 Å². The molecule has 0 aliphatic carbocycles. The summed E-state index contributed by atoms with van der Waals surface area (Å²) in [6.07, 6.45) is 0.839.